The third-order valence-electron chi connectivity index (χ3n) is 3.77. The van der Waals surface area contributed by atoms with Crippen molar-refractivity contribution in [3.63, 3.8) is 0 Å². The molecule has 25 heavy (non-hydrogen) atoms. The summed E-state index contributed by atoms with van der Waals surface area (Å²) < 4.78 is 27.6. The minimum atomic E-state index is -3.69. The van der Waals surface area contributed by atoms with Crippen molar-refractivity contribution in [2.24, 2.45) is 5.14 Å². The van der Waals surface area contributed by atoms with Gasteiger partial charge in [0.05, 0.1) is 17.2 Å². The van der Waals surface area contributed by atoms with Crippen molar-refractivity contribution in [3.05, 3.63) is 45.9 Å². The average molecular weight is 383 g/mol. The molecule has 1 unspecified atom stereocenters. The summed E-state index contributed by atoms with van der Waals surface area (Å²) in [5.41, 5.74) is 1.74. The van der Waals surface area contributed by atoms with Gasteiger partial charge in [0.15, 0.2) is 0 Å². The molecular formula is C16H21N3O4S2. The summed E-state index contributed by atoms with van der Waals surface area (Å²) >= 11 is 1.26. The van der Waals surface area contributed by atoms with Gasteiger partial charge in [-0.3, -0.25) is 4.90 Å². The first-order chi connectivity index (χ1) is 11.7. The largest absolute Gasteiger partial charge is 0.461 e. The fourth-order valence-corrected chi connectivity index (χ4v) is 3.46. The van der Waals surface area contributed by atoms with Gasteiger partial charge in [-0.05, 0) is 38.6 Å². The van der Waals surface area contributed by atoms with Gasteiger partial charge in [0, 0.05) is 18.0 Å². The van der Waals surface area contributed by atoms with E-state index in [9.17, 15) is 13.2 Å². The number of primary sulfonamides is 1. The van der Waals surface area contributed by atoms with E-state index in [2.05, 4.69) is 9.88 Å². The normalized spacial score (nSPS) is 13.0. The number of rotatable bonds is 7. The van der Waals surface area contributed by atoms with E-state index in [0.29, 0.717) is 18.2 Å². The molecule has 0 aliphatic carbocycles. The van der Waals surface area contributed by atoms with Gasteiger partial charge in [0.1, 0.15) is 0 Å². The van der Waals surface area contributed by atoms with Gasteiger partial charge in [-0.15, -0.1) is 11.3 Å². The average Bonchev–Trinajstić information content (AvgIpc) is 3.02. The molecule has 2 aromatic rings. The summed E-state index contributed by atoms with van der Waals surface area (Å²) in [5, 5.41) is 7.29. The Hall–Kier alpha value is -1.81. The Kier molecular flexibility index (Phi) is 6.28. The molecule has 0 radical (unpaired) electrons. The van der Waals surface area contributed by atoms with Gasteiger partial charge in [-0.2, -0.15) is 0 Å². The summed E-state index contributed by atoms with van der Waals surface area (Å²) in [4.78, 5) is 18.1. The summed E-state index contributed by atoms with van der Waals surface area (Å²) in [6.45, 7) is 4.63. The lowest BCUT2D eigenvalue weighted by Gasteiger charge is -2.24. The zero-order valence-corrected chi connectivity index (χ0v) is 15.9. The lowest BCUT2D eigenvalue weighted by Crippen LogP contribution is -2.22. The topological polar surface area (TPSA) is 103 Å². The maximum absolute atomic E-state index is 11.7. The maximum atomic E-state index is 11.7. The summed E-state index contributed by atoms with van der Waals surface area (Å²) in [7, 11) is -1.76. The molecule has 0 aliphatic heterocycles. The Morgan fingerprint density at radius 2 is 2.00 bits per heavy atom. The number of nitrogens with two attached hydrogens (primary N) is 1. The SMILES string of the molecule is CCOC(=O)c1nc(CN(C)C(C)c2ccc(S(N)(=O)=O)cc2)cs1. The minimum absolute atomic E-state index is 0.0299. The molecule has 136 valence electrons. The molecule has 2 rings (SSSR count). The van der Waals surface area contributed by atoms with Crippen LogP contribution in [0.25, 0.3) is 0 Å². The van der Waals surface area contributed by atoms with Crippen molar-refractivity contribution in [3.8, 4) is 0 Å². The van der Waals surface area contributed by atoms with E-state index in [1.165, 1.54) is 23.5 Å². The predicted octanol–water partition coefficient (Wildman–Crippen LogP) is 2.16. The zero-order chi connectivity index (χ0) is 18.6. The van der Waals surface area contributed by atoms with Crippen LogP contribution in [-0.4, -0.2) is 37.9 Å². The number of nitrogens with zero attached hydrogens (tertiary/aromatic N) is 2. The van der Waals surface area contributed by atoms with E-state index in [1.807, 2.05) is 19.4 Å². The van der Waals surface area contributed by atoms with Gasteiger partial charge < -0.3 is 4.74 Å². The highest BCUT2D eigenvalue weighted by Gasteiger charge is 2.17. The molecule has 0 fully saturated rings. The molecule has 0 aliphatic rings. The van der Waals surface area contributed by atoms with Crippen LogP contribution >= 0.6 is 11.3 Å². The molecule has 0 amide bonds. The zero-order valence-electron chi connectivity index (χ0n) is 14.3. The van der Waals surface area contributed by atoms with Crippen molar-refractivity contribution >= 4 is 27.3 Å². The van der Waals surface area contributed by atoms with E-state index in [-0.39, 0.29) is 10.9 Å². The van der Waals surface area contributed by atoms with Crippen LogP contribution in [-0.2, 0) is 21.3 Å². The minimum Gasteiger partial charge on any atom is -0.461 e. The first-order valence-electron chi connectivity index (χ1n) is 7.67. The molecule has 7 nitrogen and oxygen atoms in total. The van der Waals surface area contributed by atoms with E-state index < -0.39 is 16.0 Å². The molecule has 1 heterocycles. The van der Waals surface area contributed by atoms with Crippen LogP contribution in [0.2, 0.25) is 0 Å². The number of esters is 1. The number of carbonyl (C=O) groups is 1. The monoisotopic (exact) mass is 383 g/mol. The number of thiazole rings is 1. The third kappa shape index (κ3) is 5.08. The molecule has 0 spiro atoms. The maximum Gasteiger partial charge on any atom is 0.367 e. The number of aromatic nitrogens is 1. The number of carbonyl (C=O) groups excluding carboxylic acids is 1. The van der Waals surface area contributed by atoms with E-state index in [0.717, 1.165) is 11.3 Å². The second-order valence-electron chi connectivity index (χ2n) is 5.57. The number of hydrogen-bond donors (Lipinski definition) is 1. The van der Waals surface area contributed by atoms with Crippen molar-refractivity contribution < 1.29 is 17.9 Å². The van der Waals surface area contributed by atoms with Crippen LogP contribution in [0.5, 0.6) is 0 Å². The van der Waals surface area contributed by atoms with Gasteiger partial charge in [-0.1, -0.05) is 12.1 Å². The Bertz CT molecular complexity index is 831. The summed E-state index contributed by atoms with van der Waals surface area (Å²) in [6, 6.07) is 6.51. The van der Waals surface area contributed by atoms with Crippen LogP contribution in [0.15, 0.2) is 34.5 Å². The number of ether oxygens (including phenoxy) is 1. The van der Waals surface area contributed by atoms with Gasteiger partial charge in [0.2, 0.25) is 15.0 Å². The van der Waals surface area contributed by atoms with E-state index >= 15 is 0 Å². The highest BCUT2D eigenvalue weighted by molar-refractivity contribution is 7.89. The first-order valence-corrected chi connectivity index (χ1v) is 10.1. The third-order valence-corrected chi connectivity index (χ3v) is 5.57. The van der Waals surface area contributed by atoms with Crippen LogP contribution < -0.4 is 5.14 Å². The van der Waals surface area contributed by atoms with Gasteiger partial charge >= 0.3 is 5.97 Å². The van der Waals surface area contributed by atoms with Crippen molar-refractivity contribution in [2.75, 3.05) is 13.7 Å². The number of benzene rings is 1. The summed E-state index contributed by atoms with van der Waals surface area (Å²) in [6.07, 6.45) is 0. The molecule has 0 saturated carbocycles. The molecule has 1 aromatic carbocycles. The fraction of sp³-hybridized carbons (Fsp3) is 0.375. The molecule has 1 aromatic heterocycles. The fourth-order valence-electron chi connectivity index (χ4n) is 2.25. The highest BCUT2D eigenvalue weighted by Crippen LogP contribution is 2.22. The first kappa shape index (κ1) is 19.5. The summed E-state index contributed by atoms with van der Waals surface area (Å²) in [5.74, 6) is -0.409. The van der Waals surface area contributed by atoms with Crippen LogP contribution in [0.1, 0.15) is 40.9 Å². The van der Waals surface area contributed by atoms with Crippen molar-refractivity contribution in [2.45, 2.75) is 31.3 Å². The van der Waals surface area contributed by atoms with Crippen LogP contribution in [0.4, 0.5) is 0 Å². The standard InChI is InChI=1S/C16H21N3O4S2/c1-4-23-16(20)15-18-13(10-24-15)9-19(3)11(2)12-5-7-14(8-6-12)25(17,21)22/h5-8,10-11H,4,9H2,1-3H3,(H2,17,21,22). The second kappa shape index (κ2) is 8.05. The van der Waals surface area contributed by atoms with Crippen molar-refractivity contribution in [1.82, 2.24) is 9.88 Å². The molecule has 1 atom stereocenters. The molecular weight excluding hydrogens is 362 g/mol. The Morgan fingerprint density at radius 3 is 2.56 bits per heavy atom. The molecule has 0 bridgehead atoms. The number of hydrogen-bond acceptors (Lipinski definition) is 7. The second-order valence-corrected chi connectivity index (χ2v) is 7.99. The Balaban J connectivity index is 2.05. The lowest BCUT2D eigenvalue weighted by atomic mass is 10.1. The molecule has 2 N–H and O–H groups in total. The number of sulfonamides is 1. The van der Waals surface area contributed by atoms with E-state index in [1.54, 1.807) is 19.1 Å². The lowest BCUT2D eigenvalue weighted by molar-refractivity contribution is 0.0525. The highest BCUT2D eigenvalue weighted by atomic mass is 32.2. The van der Waals surface area contributed by atoms with Gasteiger partial charge in [-0.25, -0.2) is 23.3 Å². The smallest absolute Gasteiger partial charge is 0.367 e. The quantitative estimate of drug-likeness (QED) is 0.735. The predicted molar refractivity (Wildman–Crippen MR) is 95.8 cm³/mol. The van der Waals surface area contributed by atoms with Crippen LogP contribution in [0, 0.1) is 0 Å². The van der Waals surface area contributed by atoms with Crippen LogP contribution in [0.3, 0.4) is 0 Å². The molecule has 0 saturated heterocycles. The molecule has 9 heteroatoms. The van der Waals surface area contributed by atoms with Crippen molar-refractivity contribution in [1.29, 1.82) is 0 Å². The Labute approximate surface area is 151 Å². The Morgan fingerprint density at radius 1 is 1.36 bits per heavy atom. The van der Waals surface area contributed by atoms with E-state index in [4.69, 9.17) is 9.88 Å². The van der Waals surface area contributed by atoms with Gasteiger partial charge in [0.25, 0.3) is 0 Å².